The van der Waals surface area contributed by atoms with Crippen molar-refractivity contribution in [1.82, 2.24) is 0 Å². The van der Waals surface area contributed by atoms with E-state index in [4.69, 9.17) is 16.3 Å². The minimum absolute atomic E-state index is 0.380. The van der Waals surface area contributed by atoms with Crippen molar-refractivity contribution in [1.29, 1.82) is 0 Å². The van der Waals surface area contributed by atoms with Crippen molar-refractivity contribution in [2.24, 2.45) is 0 Å². The number of halogens is 1. The molecule has 2 nitrogen and oxygen atoms in total. The van der Waals surface area contributed by atoms with Gasteiger partial charge in [0.2, 0.25) is 0 Å². The highest BCUT2D eigenvalue weighted by atomic mass is 35.5. The lowest BCUT2D eigenvalue weighted by Gasteiger charge is -2.05. The Hall–Kier alpha value is -2.50. The number of benzene rings is 2. The van der Waals surface area contributed by atoms with Gasteiger partial charge in [0.15, 0.2) is 0 Å². The fraction of sp³-hybridized carbons (Fsp3) is 0.0556. The van der Waals surface area contributed by atoms with Crippen molar-refractivity contribution < 1.29 is 9.53 Å². The lowest BCUT2D eigenvalue weighted by molar-refractivity contribution is -0.134. The molecule has 0 unspecified atom stereocenters. The van der Waals surface area contributed by atoms with E-state index in [-0.39, 0.29) is 5.97 Å². The molecule has 0 spiro atoms. The van der Waals surface area contributed by atoms with Crippen LogP contribution in [0.5, 0.6) is 0 Å². The quantitative estimate of drug-likeness (QED) is 0.469. The molecule has 2 aromatic carbocycles. The predicted octanol–water partition coefficient (Wildman–Crippen LogP) is 4.30. The van der Waals surface area contributed by atoms with Gasteiger partial charge in [-0.1, -0.05) is 59.8 Å². The van der Waals surface area contributed by atoms with Crippen molar-refractivity contribution in [2.45, 2.75) is 6.92 Å². The van der Waals surface area contributed by atoms with E-state index in [0.717, 1.165) is 11.1 Å². The monoisotopic (exact) mass is 296 g/mol. The van der Waals surface area contributed by atoms with Gasteiger partial charge in [-0.25, -0.2) is 0 Å². The van der Waals surface area contributed by atoms with Crippen LogP contribution in [-0.2, 0) is 9.53 Å². The van der Waals surface area contributed by atoms with Gasteiger partial charge < -0.3 is 4.74 Å². The van der Waals surface area contributed by atoms with Crippen molar-refractivity contribution in [3.05, 3.63) is 76.8 Å². The lowest BCUT2D eigenvalue weighted by atomic mass is 10.1. The Morgan fingerprint density at radius 2 is 1.90 bits per heavy atom. The summed E-state index contributed by atoms with van der Waals surface area (Å²) in [5, 5.41) is 0.633. The summed E-state index contributed by atoms with van der Waals surface area (Å²) in [5.74, 6) is 5.89. The molecule has 2 aromatic rings. The van der Waals surface area contributed by atoms with Crippen LogP contribution in [0.3, 0.4) is 0 Å². The Balaban J connectivity index is 2.28. The van der Waals surface area contributed by atoms with Gasteiger partial charge in [-0.3, -0.25) is 4.79 Å². The highest BCUT2D eigenvalue weighted by Crippen LogP contribution is 2.15. The molecule has 0 amide bonds. The normalized spacial score (nSPS) is 10.5. The summed E-state index contributed by atoms with van der Waals surface area (Å²) in [6.07, 6.45) is 1.58. The van der Waals surface area contributed by atoms with Gasteiger partial charge in [0.25, 0.3) is 0 Å². The summed E-state index contributed by atoms with van der Waals surface area (Å²) in [6, 6.07) is 16.6. The molecule has 3 heteroatoms. The molecule has 0 saturated heterocycles. The fourth-order valence-electron chi connectivity index (χ4n) is 1.68. The van der Waals surface area contributed by atoms with E-state index in [2.05, 4.69) is 11.8 Å². The SMILES string of the molecule is CC(=O)O/C(=C\C#Cc1cccc(Cl)c1)c1ccccc1. The van der Waals surface area contributed by atoms with E-state index < -0.39 is 0 Å². The van der Waals surface area contributed by atoms with Crippen LogP contribution in [0.1, 0.15) is 18.1 Å². The first-order valence-corrected chi connectivity index (χ1v) is 6.74. The van der Waals surface area contributed by atoms with E-state index in [1.54, 1.807) is 18.2 Å². The Bertz CT molecular complexity index is 722. The second kappa shape index (κ2) is 7.33. The molecular weight excluding hydrogens is 284 g/mol. The highest BCUT2D eigenvalue weighted by Gasteiger charge is 2.04. The van der Waals surface area contributed by atoms with E-state index in [9.17, 15) is 4.79 Å². The van der Waals surface area contributed by atoms with Gasteiger partial charge in [-0.2, -0.15) is 0 Å². The topological polar surface area (TPSA) is 26.3 Å². The first-order valence-electron chi connectivity index (χ1n) is 6.36. The number of esters is 1. The van der Waals surface area contributed by atoms with Crippen LogP contribution in [-0.4, -0.2) is 5.97 Å². The summed E-state index contributed by atoms with van der Waals surface area (Å²) in [5.41, 5.74) is 1.60. The molecule has 0 radical (unpaired) electrons. The van der Waals surface area contributed by atoms with E-state index >= 15 is 0 Å². The first-order chi connectivity index (χ1) is 10.1. The van der Waals surface area contributed by atoms with Crippen LogP contribution < -0.4 is 0 Å². The van der Waals surface area contributed by atoms with Gasteiger partial charge in [-0.15, -0.1) is 0 Å². The molecule has 0 aliphatic heterocycles. The van der Waals surface area contributed by atoms with Crippen molar-refractivity contribution in [3.8, 4) is 11.8 Å². The first kappa shape index (κ1) is 14.9. The van der Waals surface area contributed by atoms with E-state index in [1.807, 2.05) is 42.5 Å². The van der Waals surface area contributed by atoms with Gasteiger partial charge in [0, 0.05) is 29.1 Å². The minimum Gasteiger partial charge on any atom is -0.425 e. The van der Waals surface area contributed by atoms with Gasteiger partial charge in [0.05, 0.1) is 0 Å². The predicted molar refractivity (Wildman–Crippen MR) is 84.5 cm³/mol. The molecule has 0 saturated carbocycles. The molecule has 0 heterocycles. The van der Waals surface area contributed by atoms with Crippen LogP contribution in [0.15, 0.2) is 60.7 Å². The Morgan fingerprint density at radius 3 is 2.57 bits per heavy atom. The van der Waals surface area contributed by atoms with Crippen molar-refractivity contribution in [3.63, 3.8) is 0 Å². The van der Waals surface area contributed by atoms with Crippen LogP contribution >= 0.6 is 11.6 Å². The summed E-state index contributed by atoms with van der Waals surface area (Å²) < 4.78 is 5.19. The number of rotatable bonds is 2. The molecule has 0 bridgehead atoms. The maximum Gasteiger partial charge on any atom is 0.308 e. The second-order valence-corrected chi connectivity index (χ2v) is 4.68. The zero-order valence-corrected chi connectivity index (χ0v) is 12.2. The minimum atomic E-state index is -0.380. The third-order valence-corrected chi connectivity index (χ3v) is 2.79. The second-order valence-electron chi connectivity index (χ2n) is 4.25. The Labute approximate surface area is 129 Å². The lowest BCUT2D eigenvalue weighted by Crippen LogP contribution is -1.98. The molecule has 0 N–H and O–H groups in total. The van der Waals surface area contributed by atoms with E-state index in [1.165, 1.54) is 6.92 Å². The van der Waals surface area contributed by atoms with Crippen LogP contribution in [0.25, 0.3) is 5.76 Å². The zero-order valence-electron chi connectivity index (χ0n) is 11.5. The van der Waals surface area contributed by atoms with Crippen molar-refractivity contribution in [2.75, 3.05) is 0 Å². The third kappa shape index (κ3) is 4.83. The average molecular weight is 297 g/mol. The standard InChI is InChI=1S/C18H13ClO2/c1-14(20)21-18(16-9-3-2-4-10-16)12-6-8-15-7-5-11-17(19)13-15/h2-5,7,9-13H,1H3/b18-12-. The summed E-state index contributed by atoms with van der Waals surface area (Å²) in [4.78, 5) is 11.2. The third-order valence-electron chi connectivity index (χ3n) is 2.56. The van der Waals surface area contributed by atoms with Crippen LogP contribution in [0.4, 0.5) is 0 Å². The number of hydrogen-bond acceptors (Lipinski definition) is 2. The summed E-state index contributed by atoms with van der Waals surface area (Å²) >= 11 is 5.90. The number of ether oxygens (including phenoxy) is 1. The Morgan fingerprint density at radius 1 is 1.14 bits per heavy atom. The molecule has 2 rings (SSSR count). The number of carbonyl (C=O) groups excluding carboxylic acids is 1. The summed E-state index contributed by atoms with van der Waals surface area (Å²) in [6.45, 7) is 1.36. The maximum atomic E-state index is 11.2. The van der Waals surface area contributed by atoms with Gasteiger partial charge in [0.1, 0.15) is 5.76 Å². The smallest absolute Gasteiger partial charge is 0.308 e. The number of hydrogen-bond donors (Lipinski definition) is 0. The molecule has 104 valence electrons. The van der Waals surface area contributed by atoms with Crippen LogP contribution in [0, 0.1) is 11.8 Å². The molecule has 21 heavy (non-hydrogen) atoms. The zero-order chi connectivity index (χ0) is 15.1. The summed E-state index contributed by atoms with van der Waals surface area (Å²) in [7, 11) is 0. The molecule has 0 aliphatic rings. The average Bonchev–Trinajstić information content (AvgIpc) is 2.47. The largest absolute Gasteiger partial charge is 0.425 e. The maximum absolute atomic E-state index is 11.2. The highest BCUT2D eigenvalue weighted by molar-refractivity contribution is 6.30. The molecule has 0 aliphatic carbocycles. The Kier molecular flexibility index (Phi) is 5.20. The van der Waals surface area contributed by atoms with Crippen molar-refractivity contribution >= 4 is 23.3 Å². The molecule has 0 fully saturated rings. The van der Waals surface area contributed by atoms with E-state index in [0.29, 0.717) is 10.8 Å². The molecular formula is C18H13ClO2. The molecule has 0 atom stereocenters. The fourth-order valence-corrected chi connectivity index (χ4v) is 1.87. The van der Waals surface area contributed by atoms with Crippen LogP contribution in [0.2, 0.25) is 5.02 Å². The van der Waals surface area contributed by atoms with Gasteiger partial charge >= 0.3 is 5.97 Å². The molecule has 0 aromatic heterocycles. The number of allylic oxidation sites excluding steroid dienone is 1. The number of carbonyl (C=O) groups is 1. The van der Waals surface area contributed by atoms with Gasteiger partial charge in [-0.05, 0) is 18.2 Å².